The molecule has 1 saturated heterocycles. The first-order valence-corrected chi connectivity index (χ1v) is 12.0. The largest absolute Gasteiger partial charge is 0.497 e. The number of para-hydroxylation sites is 1. The number of methoxy groups -OCH3 is 1. The summed E-state index contributed by atoms with van der Waals surface area (Å²) >= 11 is 6.39. The lowest BCUT2D eigenvalue weighted by atomic mass is 10.1. The molecular weight excluding hydrogens is 432 g/mol. The molecule has 1 heterocycles. The average molecular weight is 465 g/mol. The maximum atomic E-state index is 6.40. The number of rotatable bonds is 8. The highest BCUT2D eigenvalue weighted by molar-refractivity contribution is 6.32. The molecule has 3 aromatic rings. The van der Waals surface area contributed by atoms with E-state index in [2.05, 4.69) is 54.0 Å². The third kappa shape index (κ3) is 6.01. The van der Waals surface area contributed by atoms with Crippen LogP contribution in [0.15, 0.2) is 66.7 Å². The van der Waals surface area contributed by atoms with Gasteiger partial charge < -0.3 is 14.4 Å². The summed E-state index contributed by atoms with van der Waals surface area (Å²) in [4.78, 5) is 5.02. The number of aryl methyl sites for hydroxylation is 2. The van der Waals surface area contributed by atoms with E-state index in [4.69, 9.17) is 21.1 Å². The van der Waals surface area contributed by atoms with Gasteiger partial charge in [-0.25, -0.2) is 0 Å². The molecule has 1 fully saturated rings. The van der Waals surface area contributed by atoms with Crippen LogP contribution in [0, 0.1) is 13.8 Å². The molecule has 0 bridgehead atoms. The lowest BCUT2D eigenvalue weighted by molar-refractivity contribution is 0.160. The molecule has 0 saturated carbocycles. The zero-order chi connectivity index (χ0) is 23.2. The van der Waals surface area contributed by atoms with Crippen LogP contribution >= 0.6 is 11.6 Å². The van der Waals surface area contributed by atoms with E-state index < -0.39 is 0 Å². The number of ether oxygens (including phenoxy) is 2. The molecule has 4 nitrogen and oxygen atoms in total. The maximum Gasteiger partial charge on any atom is 0.138 e. The van der Waals surface area contributed by atoms with Gasteiger partial charge in [-0.1, -0.05) is 41.9 Å². The van der Waals surface area contributed by atoms with Gasteiger partial charge in [0, 0.05) is 44.8 Å². The number of nitrogens with zero attached hydrogens (tertiary/aromatic N) is 2. The molecule has 5 heteroatoms. The fourth-order valence-electron chi connectivity index (χ4n) is 4.26. The summed E-state index contributed by atoms with van der Waals surface area (Å²) in [6.45, 7) is 9.52. The minimum Gasteiger partial charge on any atom is -0.497 e. The number of anilines is 1. The molecule has 174 valence electrons. The second-order valence-corrected chi connectivity index (χ2v) is 9.10. The summed E-state index contributed by atoms with van der Waals surface area (Å²) in [5.74, 6) is 1.57. The Hall–Kier alpha value is -2.69. The van der Waals surface area contributed by atoms with Gasteiger partial charge in [0.1, 0.15) is 17.6 Å². The molecule has 1 aliphatic rings. The van der Waals surface area contributed by atoms with Crippen molar-refractivity contribution in [1.82, 2.24) is 4.90 Å². The smallest absolute Gasteiger partial charge is 0.138 e. The van der Waals surface area contributed by atoms with Crippen LogP contribution in [0.4, 0.5) is 5.69 Å². The fraction of sp³-hybridized carbons (Fsp3) is 0.357. The zero-order valence-corrected chi connectivity index (χ0v) is 20.5. The van der Waals surface area contributed by atoms with Gasteiger partial charge in [0.2, 0.25) is 0 Å². The van der Waals surface area contributed by atoms with E-state index in [0.717, 1.165) is 56.2 Å². The molecule has 0 aromatic heterocycles. The van der Waals surface area contributed by atoms with Crippen LogP contribution in [0.25, 0.3) is 0 Å². The molecule has 0 radical (unpaired) electrons. The summed E-state index contributed by atoms with van der Waals surface area (Å²) < 4.78 is 11.7. The van der Waals surface area contributed by atoms with Gasteiger partial charge in [0.25, 0.3) is 0 Å². The van der Waals surface area contributed by atoms with Gasteiger partial charge in [-0.05, 0) is 66.9 Å². The second-order valence-electron chi connectivity index (χ2n) is 8.70. The van der Waals surface area contributed by atoms with E-state index in [-0.39, 0.29) is 6.10 Å². The number of piperazine rings is 1. The van der Waals surface area contributed by atoms with Crippen molar-refractivity contribution in [1.29, 1.82) is 0 Å². The van der Waals surface area contributed by atoms with Crippen molar-refractivity contribution >= 4 is 17.3 Å². The number of hydrogen-bond donors (Lipinski definition) is 0. The third-order valence-corrected chi connectivity index (χ3v) is 6.84. The summed E-state index contributed by atoms with van der Waals surface area (Å²) in [6, 6.07) is 22.6. The molecule has 1 aliphatic heterocycles. The lowest BCUT2D eigenvalue weighted by Crippen LogP contribution is -2.47. The van der Waals surface area contributed by atoms with E-state index in [0.29, 0.717) is 5.02 Å². The predicted molar refractivity (Wildman–Crippen MR) is 137 cm³/mol. The van der Waals surface area contributed by atoms with Gasteiger partial charge in [-0.15, -0.1) is 0 Å². The SMILES string of the molecule is COc1ccc(C(CCN2CCN(c3ccc(C)c(C)c3)CC2)Oc2ccccc2Cl)cc1. The Morgan fingerprint density at radius 1 is 0.879 bits per heavy atom. The second kappa shape index (κ2) is 11.0. The van der Waals surface area contributed by atoms with Crippen molar-refractivity contribution in [3.8, 4) is 11.5 Å². The van der Waals surface area contributed by atoms with E-state index in [1.807, 2.05) is 36.4 Å². The van der Waals surface area contributed by atoms with Crippen LogP contribution < -0.4 is 14.4 Å². The number of halogens is 1. The highest BCUT2D eigenvalue weighted by Crippen LogP contribution is 2.31. The zero-order valence-electron chi connectivity index (χ0n) is 19.8. The molecule has 4 rings (SSSR count). The van der Waals surface area contributed by atoms with Gasteiger partial charge in [-0.2, -0.15) is 0 Å². The third-order valence-electron chi connectivity index (χ3n) is 6.53. The lowest BCUT2D eigenvalue weighted by Gasteiger charge is -2.37. The van der Waals surface area contributed by atoms with Crippen LogP contribution in [0.1, 0.15) is 29.2 Å². The Balaban J connectivity index is 1.39. The van der Waals surface area contributed by atoms with Crippen LogP contribution in [0.5, 0.6) is 11.5 Å². The number of benzene rings is 3. The molecule has 0 N–H and O–H groups in total. The normalized spacial score (nSPS) is 15.3. The first kappa shape index (κ1) is 23.5. The molecule has 0 aliphatic carbocycles. The van der Waals surface area contributed by atoms with Gasteiger partial charge in [0.15, 0.2) is 0 Å². The average Bonchev–Trinajstić information content (AvgIpc) is 2.85. The fourth-order valence-corrected chi connectivity index (χ4v) is 4.44. The molecule has 33 heavy (non-hydrogen) atoms. The van der Waals surface area contributed by atoms with Crippen molar-refractivity contribution < 1.29 is 9.47 Å². The Kier molecular flexibility index (Phi) is 7.79. The van der Waals surface area contributed by atoms with E-state index in [1.165, 1.54) is 16.8 Å². The minimum atomic E-state index is -0.0754. The molecule has 0 amide bonds. The monoisotopic (exact) mass is 464 g/mol. The standard InChI is InChI=1S/C28H33ClN2O2/c1-21-8-11-24(20-22(21)2)31-18-16-30(17-19-31)15-14-27(23-9-12-25(32-3)13-10-23)33-28-7-5-4-6-26(28)29/h4-13,20,27H,14-19H2,1-3H3. The molecule has 0 spiro atoms. The van der Waals surface area contributed by atoms with Gasteiger partial charge >= 0.3 is 0 Å². The van der Waals surface area contributed by atoms with E-state index in [9.17, 15) is 0 Å². The van der Waals surface area contributed by atoms with Crippen LogP contribution in [-0.4, -0.2) is 44.7 Å². The molecule has 1 unspecified atom stereocenters. The van der Waals surface area contributed by atoms with Crippen molar-refractivity contribution in [2.45, 2.75) is 26.4 Å². The summed E-state index contributed by atoms with van der Waals surface area (Å²) in [7, 11) is 1.68. The van der Waals surface area contributed by atoms with Crippen molar-refractivity contribution in [3.63, 3.8) is 0 Å². The van der Waals surface area contributed by atoms with Crippen LogP contribution in [-0.2, 0) is 0 Å². The first-order valence-electron chi connectivity index (χ1n) is 11.6. The van der Waals surface area contributed by atoms with Crippen LogP contribution in [0.2, 0.25) is 5.02 Å². The molecule has 3 aromatic carbocycles. The Morgan fingerprint density at radius 3 is 2.27 bits per heavy atom. The quantitative estimate of drug-likeness (QED) is 0.390. The first-order chi connectivity index (χ1) is 16.0. The Labute approximate surface area is 202 Å². The highest BCUT2D eigenvalue weighted by Gasteiger charge is 2.21. The summed E-state index contributed by atoms with van der Waals surface area (Å²) in [5.41, 5.74) is 5.16. The van der Waals surface area contributed by atoms with Gasteiger partial charge in [-0.3, -0.25) is 4.90 Å². The Morgan fingerprint density at radius 2 is 1.61 bits per heavy atom. The molecular formula is C28H33ClN2O2. The van der Waals surface area contributed by atoms with Crippen molar-refractivity contribution in [2.75, 3.05) is 44.7 Å². The van der Waals surface area contributed by atoms with Crippen molar-refractivity contribution in [3.05, 3.63) is 88.4 Å². The predicted octanol–water partition coefficient (Wildman–Crippen LogP) is 6.30. The Bertz CT molecular complexity index is 1050. The van der Waals surface area contributed by atoms with E-state index in [1.54, 1.807) is 7.11 Å². The van der Waals surface area contributed by atoms with Gasteiger partial charge in [0.05, 0.1) is 12.1 Å². The maximum absolute atomic E-state index is 6.40. The highest BCUT2D eigenvalue weighted by atomic mass is 35.5. The van der Waals surface area contributed by atoms with Crippen LogP contribution in [0.3, 0.4) is 0 Å². The summed E-state index contributed by atoms with van der Waals surface area (Å²) in [5, 5.41) is 0.637. The summed E-state index contributed by atoms with van der Waals surface area (Å²) in [6.07, 6.45) is 0.815. The topological polar surface area (TPSA) is 24.9 Å². The minimum absolute atomic E-state index is 0.0754. The van der Waals surface area contributed by atoms with Crippen molar-refractivity contribution in [2.24, 2.45) is 0 Å². The number of hydrogen-bond acceptors (Lipinski definition) is 4. The molecule has 1 atom stereocenters. The van der Waals surface area contributed by atoms with E-state index >= 15 is 0 Å².